The van der Waals surface area contributed by atoms with Gasteiger partial charge in [-0.3, -0.25) is 14.7 Å². The Kier molecular flexibility index (Phi) is 5.85. The average molecular weight is 364 g/mol. The summed E-state index contributed by atoms with van der Waals surface area (Å²) in [6.07, 6.45) is 2.10. The first-order valence-electron chi connectivity index (χ1n) is 10.1. The van der Waals surface area contributed by atoms with Crippen molar-refractivity contribution in [3.63, 3.8) is 0 Å². The summed E-state index contributed by atoms with van der Waals surface area (Å²) < 4.78 is 7.62. The van der Waals surface area contributed by atoms with Gasteiger partial charge in [0.15, 0.2) is 0 Å². The van der Waals surface area contributed by atoms with Crippen molar-refractivity contribution < 1.29 is 4.74 Å². The van der Waals surface area contributed by atoms with Crippen molar-refractivity contribution >= 4 is 0 Å². The molecule has 3 heterocycles. The molecule has 0 atom stereocenters. The number of hydrogen-bond acceptors (Lipinski definition) is 7. The van der Waals surface area contributed by atoms with Crippen LogP contribution in [-0.2, 0) is 18.3 Å². The quantitative estimate of drug-likeness (QED) is 0.728. The summed E-state index contributed by atoms with van der Waals surface area (Å²) in [7, 11) is 2.10. The number of rotatable bonds is 6. The molecular weight excluding hydrogens is 330 g/mol. The summed E-state index contributed by atoms with van der Waals surface area (Å²) in [5.74, 6) is 2.71. The van der Waals surface area contributed by atoms with Gasteiger partial charge in [0.05, 0.1) is 19.8 Å². The molecule has 0 unspecified atom stereocenters. The van der Waals surface area contributed by atoms with Gasteiger partial charge < -0.3 is 15.0 Å². The van der Waals surface area contributed by atoms with E-state index in [4.69, 9.17) is 10.5 Å². The highest BCUT2D eigenvalue weighted by Crippen LogP contribution is 2.34. The molecule has 146 valence electrons. The zero-order chi connectivity index (χ0) is 17.9. The molecule has 0 bridgehead atoms. The maximum atomic E-state index is 5.92. The highest BCUT2D eigenvalue weighted by atomic mass is 16.5. The molecule has 2 saturated heterocycles. The van der Waals surface area contributed by atoms with Crippen LogP contribution in [-0.4, -0.2) is 101 Å². The number of aromatic nitrogens is 3. The summed E-state index contributed by atoms with van der Waals surface area (Å²) in [6.45, 7) is 11.7. The predicted octanol–water partition coefficient (Wildman–Crippen LogP) is -0.530. The van der Waals surface area contributed by atoms with E-state index < -0.39 is 0 Å². The van der Waals surface area contributed by atoms with Gasteiger partial charge in [0.25, 0.3) is 0 Å². The molecular formula is C18H33N7O. The Labute approximate surface area is 156 Å². The van der Waals surface area contributed by atoms with Crippen LogP contribution in [0.4, 0.5) is 0 Å². The smallest absolute Gasteiger partial charge is 0.146 e. The van der Waals surface area contributed by atoms with E-state index in [9.17, 15) is 0 Å². The summed E-state index contributed by atoms with van der Waals surface area (Å²) in [5.41, 5.74) is 5.92. The third-order valence-corrected chi connectivity index (χ3v) is 6.20. The normalized spacial score (nSPS) is 29.0. The fourth-order valence-corrected chi connectivity index (χ4v) is 4.22. The molecule has 26 heavy (non-hydrogen) atoms. The first-order valence-corrected chi connectivity index (χ1v) is 10.1. The lowest BCUT2D eigenvalue weighted by Crippen LogP contribution is -2.49. The summed E-state index contributed by atoms with van der Waals surface area (Å²) >= 11 is 0. The second-order valence-corrected chi connectivity index (χ2v) is 8.03. The number of morpholine rings is 1. The standard InChI is InChI=1S/C18H33N7O/c1-22-17(20-21-18(22)15-12-16(19)13-15)14-25-6-4-23(5-7-25)2-3-24-8-10-26-11-9-24/h15-16H,2-14,19H2,1H3. The van der Waals surface area contributed by atoms with Crippen LogP contribution in [0.15, 0.2) is 0 Å². The number of nitrogens with two attached hydrogens (primary N) is 1. The van der Waals surface area contributed by atoms with Crippen LogP contribution in [0, 0.1) is 0 Å². The van der Waals surface area contributed by atoms with Gasteiger partial charge >= 0.3 is 0 Å². The van der Waals surface area contributed by atoms with Crippen LogP contribution in [0.1, 0.15) is 30.4 Å². The fourth-order valence-electron chi connectivity index (χ4n) is 4.22. The number of nitrogens with zero attached hydrogens (tertiary/aromatic N) is 6. The van der Waals surface area contributed by atoms with E-state index in [0.29, 0.717) is 12.0 Å². The SMILES string of the molecule is Cn1c(CN2CCN(CCN3CCOCC3)CC2)nnc1C1CC(N)C1. The highest BCUT2D eigenvalue weighted by Gasteiger charge is 2.31. The fraction of sp³-hybridized carbons (Fsp3) is 0.889. The van der Waals surface area contributed by atoms with Gasteiger partial charge in [0.1, 0.15) is 11.6 Å². The van der Waals surface area contributed by atoms with Gasteiger partial charge in [0, 0.05) is 71.4 Å². The Balaban J connectivity index is 1.20. The molecule has 3 fully saturated rings. The average Bonchev–Trinajstić information content (AvgIpc) is 2.99. The summed E-state index contributed by atoms with van der Waals surface area (Å²) in [4.78, 5) is 7.61. The van der Waals surface area contributed by atoms with Gasteiger partial charge in [-0.15, -0.1) is 10.2 Å². The Morgan fingerprint density at radius 3 is 2.19 bits per heavy atom. The van der Waals surface area contributed by atoms with Crippen molar-refractivity contribution in [1.29, 1.82) is 0 Å². The van der Waals surface area contributed by atoms with Crippen molar-refractivity contribution in [3.05, 3.63) is 11.6 Å². The molecule has 1 saturated carbocycles. The monoisotopic (exact) mass is 363 g/mol. The van der Waals surface area contributed by atoms with Crippen molar-refractivity contribution in [2.45, 2.75) is 31.3 Å². The second kappa shape index (κ2) is 8.31. The Hall–Kier alpha value is -1.06. The van der Waals surface area contributed by atoms with Gasteiger partial charge in [0.2, 0.25) is 0 Å². The third kappa shape index (κ3) is 4.26. The van der Waals surface area contributed by atoms with Crippen LogP contribution < -0.4 is 5.73 Å². The van der Waals surface area contributed by atoms with Gasteiger partial charge in [-0.2, -0.15) is 0 Å². The molecule has 0 radical (unpaired) electrons. The minimum atomic E-state index is 0.352. The van der Waals surface area contributed by atoms with E-state index in [1.807, 2.05) is 0 Å². The molecule has 0 aromatic carbocycles. The maximum Gasteiger partial charge on any atom is 0.146 e. The Bertz CT molecular complexity index is 572. The zero-order valence-corrected chi connectivity index (χ0v) is 16.0. The van der Waals surface area contributed by atoms with Crippen LogP contribution in [0.25, 0.3) is 0 Å². The van der Waals surface area contributed by atoms with Gasteiger partial charge in [-0.25, -0.2) is 0 Å². The molecule has 8 nitrogen and oxygen atoms in total. The second-order valence-electron chi connectivity index (χ2n) is 8.03. The van der Waals surface area contributed by atoms with Gasteiger partial charge in [-0.1, -0.05) is 0 Å². The molecule has 1 aromatic heterocycles. The van der Waals surface area contributed by atoms with Crippen molar-refractivity contribution in [2.24, 2.45) is 12.8 Å². The molecule has 0 spiro atoms. The van der Waals surface area contributed by atoms with Crippen molar-refractivity contribution in [3.8, 4) is 0 Å². The molecule has 0 amide bonds. The lowest BCUT2D eigenvalue weighted by atomic mass is 9.80. The largest absolute Gasteiger partial charge is 0.379 e. The molecule has 2 N–H and O–H groups in total. The minimum Gasteiger partial charge on any atom is -0.379 e. The zero-order valence-electron chi connectivity index (χ0n) is 16.0. The topological polar surface area (TPSA) is 75.7 Å². The van der Waals surface area contributed by atoms with Crippen LogP contribution in [0.5, 0.6) is 0 Å². The van der Waals surface area contributed by atoms with Crippen LogP contribution in [0.2, 0.25) is 0 Å². The number of piperazine rings is 1. The van der Waals surface area contributed by atoms with E-state index in [1.54, 1.807) is 0 Å². The summed E-state index contributed by atoms with van der Waals surface area (Å²) in [6, 6.07) is 0.352. The maximum absolute atomic E-state index is 5.92. The predicted molar refractivity (Wildman–Crippen MR) is 99.9 cm³/mol. The van der Waals surface area contributed by atoms with E-state index in [-0.39, 0.29) is 0 Å². The molecule has 3 aliphatic rings. The van der Waals surface area contributed by atoms with E-state index >= 15 is 0 Å². The van der Waals surface area contributed by atoms with Gasteiger partial charge in [-0.05, 0) is 12.8 Å². The molecule has 1 aromatic rings. The Morgan fingerprint density at radius 1 is 0.923 bits per heavy atom. The van der Waals surface area contributed by atoms with Crippen LogP contribution in [0.3, 0.4) is 0 Å². The lowest BCUT2D eigenvalue weighted by molar-refractivity contribution is 0.0295. The van der Waals surface area contributed by atoms with E-state index in [2.05, 4.69) is 36.5 Å². The number of hydrogen-bond donors (Lipinski definition) is 1. The van der Waals surface area contributed by atoms with E-state index in [1.165, 1.54) is 13.1 Å². The summed E-state index contributed by atoms with van der Waals surface area (Å²) in [5, 5.41) is 8.89. The molecule has 8 heteroatoms. The first kappa shape index (κ1) is 18.3. The molecule has 4 rings (SSSR count). The first-order chi connectivity index (χ1) is 12.7. The minimum absolute atomic E-state index is 0.352. The molecule has 2 aliphatic heterocycles. The number of ether oxygens (including phenoxy) is 1. The van der Waals surface area contributed by atoms with Crippen LogP contribution >= 0.6 is 0 Å². The lowest BCUT2D eigenvalue weighted by Gasteiger charge is -2.36. The highest BCUT2D eigenvalue weighted by molar-refractivity contribution is 5.08. The van der Waals surface area contributed by atoms with Crippen molar-refractivity contribution in [1.82, 2.24) is 29.5 Å². The van der Waals surface area contributed by atoms with E-state index in [0.717, 1.165) is 83.5 Å². The third-order valence-electron chi connectivity index (χ3n) is 6.20. The Morgan fingerprint density at radius 2 is 1.54 bits per heavy atom. The molecule has 1 aliphatic carbocycles. The van der Waals surface area contributed by atoms with Crippen molar-refractivity contribution in [2.75, 3.05) is 65.6 Å².